The van der Waals surface area contributed by atoms with Gasteiger partial charge in [-0.3, -0.25) is 0 Å². The molecule has 0 amide bonds. The molecule has 1 N–H and O–H groups in total. The highest BCUT2D eigenvalue weighted by molar-refractivity contribution is 9.10. The number of nitrogens with one attached hydrogen (secondary N) is 1. The molecule has 112 valence electrons. The summed E-state index contributed by atoms with van der Waals surface area (Å²) in [5, 5.41) is 3.20. The van der Waals surface area contributed by atoms with Crippen LogP contribution in [-0.2, 0) is 0 Å². The van der Waals surface area contributed by atoms with Crippen molar-refractivity contribution in [2.75, 3.05) is 25.0 Å². The average Bonchev–Trinajstić information content (AvgIpc) is 2.42. The van der Waals surface area contributed by atoms with Gasteiger partial charge in [0, 0.05) is 23.1 Å². The highest BCUT2D eigenvalue weighted by Crippen LogP contribution is 2.30. The fraction of sp³-hybridized carbons (Fsp3) is 0.600. The molecule has 1 aliphatic rings. The minimum absolute atomic E-state index is 0.153. The topological polar surface area (TPSA) is 15.3 Å². The molecule has 0 radical (unpaired) electrons. The van der Waals surface area contributed by atoms with E-state index in [1.807, 2.05) is 0 Å². The quantitative estimate of drug-likeness (QED) is 0.876. The van der Waals surface area contributed by atoms with Gasteiger partial charge in [0.15, 0.2) is 0 Å². The van der Waals surface area contributed by atoms with Crippen LogP contribution < -0.4 is 5.32 Å². The van der Waals surface area contributed by atoms with Crippen molar-refractivity contribution >= 4 is 21.6 Å². The van der Waals surface area contributed by atoms with E-state index >= 15 is 0 Å². The fourth-order valence-electron chi connectivity index (χ4n) is 2.81. The monoisotopic (exact) mass is 346 g/mol. The van der Waals surface area contributed by atoms with Crippen LogP contribution in [0, 0.1) is 17.6 Å². The van der Waals surface area contributed by atoms with Crippen LogP contribution in [0.3, 0.4) is 0 Å². The first-order valence-electron chi connectivity index (χ1n) is 7.14. The molecule has 2 unspecified atom stereocenters. The van der Waals surface area contributed by atoms with Gasteiger partial charge in [-0.05, 0) is 60.8 Å². The Morgan fingerprint density at radius 3 is 2.85 bits per heavy atom. The van der Waals surface area contributed by atoms with E-state index in [1.54, 1.807) is 0 Å². The first kappa shape index (κ1) is 15.7. The minimum Gasteiger partial charge on any atom is -0.379 e. The van der Waals surface area contributed by atoms with Gasteiger partial charge in [0.25, 0.3) is 0 Å². The molecule has 2 nitrogen and oxygen atoms in total. The maximum Gasteiger partial charge on any atom is 0.150 e. The van der Waals surface area contributed by atoms with E-state index in [1.165, 1.54) is 12.5 Å². The van der Waals surface area contributed by atoms with Gasteiger partial charge in [0.05, 0.1) is 5.69 Å². The van der Waals surface area contributed by atoms with Crippen LogP contribution in [0.1, 0.15) is 26.7 Å². The Labute approximate surface area is 127 Å². The normalized spacial score (nSPS) is 21.8. The van der Waals surface area contributed by atoms with Crippen molar-refractivity contribution in [1.82, 2.24) is 4.90 Å². The summed E-state index contributed by atoms with van der Waals surface area (Å²) in [6.07, 6.45) is 2.32. The molecule has 0 aromatic heterocycles. The van der Waals surface area contributed by atoms with Gasteiger partial charge in [-0.15, -0.1) is 0 Å². The van der Waals surface area contributed by atoms with Crippen molar-refractivity contribution in [1.29, 1.82) is 0 Å². The van der Waals surface area contributed by atoms with Crippen LogP contribution in [0.15, 0.2) is 16.6 Å². The van der Waals surface area contributed by atoms with Crippen molar-refractivity contribution in [2.24, 2.45) is 5.92 Å². The summed E-state index contributed by atoms with van der Waals surface area (Å²) in [6.45, 7) is 7.47. The molecule has 5 heteroatoms. The number of benzene rings is 1. The first-order chi connectivity index (χ1) is 9.51. The molecule has 0 saturated carbocycles. The second-order valence-electron chi connectivity index (χ2n) is 5.47. The summed E-state index contributed by atoms with van der Waals surface area (Å²) in [4.78, 5) is 2.42. The lowest BCUT2D eigenvalue weighted by molar-refractivity contribution is 0.172. The summed E-state index contributed by atoms with van der Waals surface area (Å²) < 4.78 is 27.4. The molecule has 1 heterocycles. The van der Waals surface area contributed by atoms with Gasteiger partial charge in [0.2, 0.25) is 0 Å². The fourth-order valence-corrected chi connectivity index (χ4v) is 3.33. The summed E-state index contributed by atoms with van der Waals surface area (Å²) in [6, 6.07) is 2.36. The molecule has 1 fully saturated rings. The Balaban J connectivity index is 2.06. The third-order valence-corrected chi connectivity index (χ3v) is 4.70. The van der Waals surface area contributed by atoms with Crippen molar-refractivity contribution in [3.8, 4) is 0 Å². The van der Waals surface area contributed by atoms with Gasteiger partial charge in [-0.25, -0.2) is 8.78 Å². The van der Waals surface area contributed by atoms with Crippen LogP contribution in [0.4, 0.5) is 14.5 Å². The van der Waals surface area contributed by atoms with Crippen molar-refractivity contribution < 1.29 is 8.78 Å². The smallest absolute Gasteiger partial charge is 0.150 e. The number of halogens is 3. The Bertz CT molecular complexity index is 444. The number of anilines is 1. The lowest BCUT2D eigenvalue weighted by Gasteiger charge is -2.36. The van der Waals surface area contributed by atoms with E-state index in [4.69, 9.17) is 0 Å². The minimum atomic E-state index is -0.567. The Kier molecular flexibility index (Phi) is 5.38. The lowest BCUT2D eigenvalue weighted by atomic mass is 9.91. The molecule has 0 bridgehead atoms. The Morgan fingerprint density at radius 1 is 1.45 bits per heavy atom. The van der Waals surface area contributed by atoms with E-state index in [0.717, 1.165) is 32.1 Å². The maximum atomic E-state index is 13.8. The summed E-state index contributed by atoms with van der Waals surface area (Å²) in [5.74, 6) is -0.630. The highest BCUT2D eigenvalue weighted by atomic mass is 79.9. The van der Waals surface area contributed by atoms with E-state index in [-0.39, 0.29) is 6.04 Å². The molecule has 0 aliphatic carbocycles. The SMILES string of the molecule is CCN1CCCC(C(C)Nc2c(F)cc(F)cc2Br)C1. The first-order valence-corrected chi connectivity index (χ1v) is 7.94. The van der Waals surface area contributed by atoms with Gasteiger partial charge in [-0.1, -0.05) is 6.92 Å². The van der Waals surface area contributed by atoms with E-state index in [0.29, 0.717) is 16.1 Å². The van der Waals surface area contributed by atoms with Crippen molar-refractivity contribution in [3.63, 3.8) is 0 Å². The predicted molar refractivity (Wildman–Crippen MR) is 82.0 cm³/mol. The van der Waals surface area contributed by atoms with Gasteiger partial charge in [0.1, 0.15) is 11.6 Å². The molecule has 20 heavy (non-hydrogen) atoms. The third kappa shape index (κ3) is 3.70. The zero-order valence-corrected chi connectivity index (χ0v) is 13.5. The molecule has 0 spiro atoms. The van der Waals surface area contributed by atoms with Crippen LogP contribution in [0.2, 0.25) is 0 Å². The lowest BCUT2D eigenvalue weighted by Crippen LogP contribution is -2.41. The zero-order chi connectivity index (χ0) is 14.7. The number of likely N-dealkylation sites (tertiary alicyclic amines) is 1. The molecular weight excluding hydrogens is 326 g/mol. The molecule has 1 saturated heterocycles. The second-order valence-corrected chi connectivity index (χ2v) is 6.33. The Hall–Kier alpha value is -0.680. The Morgan fingerprint density at radius 2 is 2.20 bits per heavy atom. The molecule has 1 aromatic rings. The summed E-state index contributed by atoms with van der Waals surface area (Å²) in [7, 11) is 0. The molecular formula is C15H21BrF2N2. The summed E-state index contributed by atoms with van der Waals surface area (Å²) in [5.41, 5.74) is 0.354. The van der Waals surface area contributed by atoms with Crippen molar-refractivity contribution in [3.05, 3.63) is 28.2 Å². The third-order valence-electron chi connectivity index (χ3n) is 4.08. The van der Waals surface area contributed by atoms with Gasteiger partial charge in [-0.2, -0.15) is 0 Å². The largest absolute Gasteiger partial charge is 0.379 e. The van der Waals surface area contributed by atoms with Crippen LogP contribution in [0.5, 0.6) is 0 Å². The molecule has 2 atom stereocenters. The second kappa shape index (κ2) is 6.85. The predicted octanol–water partition coefficient (Wildman–Crippen LogP) is 4.26. The number of hydrogen-bond donors (Lipinski definition) is 1. The maximum absolute atomic E-state index is 13.8. The highest BCUT2D eigenvalue weighted by Gasteiger charge is 2.25. The van der Waals surface area contributed by atoms with E-state index in [9.17, 15) is 8.78 Å². The van der Waals surface area contributed by atoms with Gasteiger partial charge >= 0.3 is 0 Å². The zero-order valence-electron chi connectivity index (χ0n) is 11.9. The van der Waals surface area contributed by atoms with Crippen LogP contribution >= 0.6 is 15.9 Å². The molecule has 1 aliphatic heterocycles. The van der Waals surface area contributed by atoms with E-state index in [2.05, 4.69) is 40.0 Å². The van der Waals surface area contributed by atoms with Gasteiger partial charge < -0.3 is 10.2 Å². The molecule has 1 aromatic carbocycles. The number of hydrogen-bond acceptors (Lipinski definition) is 2. The average molecular weight is 347 g/mol. The number of piperidine rings is 1. The number of rotatable bonds is 4. The van der Waals surface area contributed by atoms with E-state index < -0.39 is 11.6 Å². The standard InChI is InChI=1S/C15H21BrF2N2/c1-3-20-6-4-5-11(9-20)10(2)19-15-13(16)7-12(17)8-14(15)18/h7-8,10-11,19H,3-6,9H2,1-2H3. The molecule has 2 rings (SSSR count). The van der Waals surface area contributed by atoms with Crippen LogP contribution in [-0.4, -0.2) is 30.6 Å². The summed E-state index contributed by atoms with van der Waals surface area (Å²) >= 11 is 3.22. The number of nitrogens with zero attached hydrogens (tertiary/aromatic N) is 1. The van der Waals surface area contributed by atoms with Crippen molar-refractivity contribution in [2.45, 2.75) is 32.7 Å². The van der Waals surface area contributed by atoms with Crippen LogP contribution in [0.25, 0.3) is 0 Å².